The van der Waals surface area contributed by atoms with Crippen molar-refractivity contribution in [1.29, 1.82) is 5.26 Å². The molecule has 3 atom stereocenters. The van der Waals surface area contributed by atoms with Gasteiger partial charge in [0, 0.05) is 37.1 Å². The number of hydrogen-bond donors (Lipinski definition) is 0. The SMILES string of the molecule is C[C@H]1CC2CN(C(=O)COCc3cccn4ncnc34)CC1N2c1ccc(C#N)cn1. The van der Waals surface area contributed by atoms with Crippen LogP contribution in [-0.4, -0.2) is 62.2 Å². The Labute approximate surface area is 179 Å². The molecule has 0 saturated carbocycles. The molecule has 5 rings (SSSR count). The molecule has 2 saturated heterocycles. The van der Waals surface area contributed by atoms with Crippen molar-refractivity contribution in [3.8, 4) is 6.07 Å². The van der Waals surface area contributed by atoms with E-state index in [0.717, 1.165) is 23.4 Å². The monoisotopic (exact) mass is 417 g/mol. The Hall–Kier alpha value is -3.51. The van der Waals surface area contributed by atoms with Crippen molar-refractivity contribution in [3.63, 3.8) is 0 Å². The summed E-state index contributed by atoms with van der Waals surface area (Å²) in [6.45, 7) is 3.89. The van der Waals surface area contributed by atoms with E-state index in [1.54, 1.807) is 16.8 Å². The Morgan fingerprint density at radius 3 is 2.97 bits per heavy atom. The zero-order valence-electron chi connectivity index (χ0n) is 17.3. The first-order valence-corrected chi connectivity index (χ1v) is 10.4. The van der Waals surface area contributed by atoms with Gasteiger partial charge in [0.15, 0.2) is 5.65 Å². The average Bonchev–Trinajstić information content (AvgIpc) is 3.35. The Morgan fingerprint density at radius 2 is 2.19 bits per heavy atom. The van der Waals surface area contributed by atoms with Gasteiger partial charge in [0.1, 0.15) is 24.8 Å². The number of rotatable bonds is 5. The topological polar surface area (TPSA) is 99.7 Å². The molecule has 2 fully saturated rings. The number of pyridine rings is 2. The molecule has 0 N–H and O–H groups in total. The van der Waals surface area contributed by atoms with E-state index in [4.69, 9.17) is 10.00 Å². The molecule has 2 bridgehead atoms. The van der Waals surface area contributed by atoms with Crippen molar-refractivity contribution in [2.45, 2.75) is 32.0 Å². The standard InChI is InChI=1S/C22H23N7O2/c1-15-7-18-10-27(11-19(15)29(18)20-5-4-16(8-23)9-24-20)21(30)13-31-12-17-3-2-6-28-22(17)25-14-26-28/h2-6,9,14-15,18-19H,7,10-13H2,1H3/t15-,18?,19?/m0/s1. The van der Waals surface area contributed by atoms with Crippen LogP contribution < -0.4 is 4.90 Å². The van der Waals surface area contributed by atoms with Crippen LogP contribution >= 0.6 is 0 Å². The molecule has 2 aliphatic heterocycles. The molecule has 0 radical (unpaired) electrons. The largest absolute Gasteiger partial charge is 0.367 e. The fourth-order valence-corrected chi connectivity index (χ4v) is 4.75. The van der Waals surface area contributed by atoms with Crippen molar-refractivity contribution < 1.29 is 9.53 Å². The lowest BCUT2D eigenvalue weighted by Gasteiger charge is -2.42. The normalized spacial score (nSPS) is 22.6. The van der Waals surface area contributed by atoms with Crippen LogP contribution in [0.2, 0.25) is 0 Å². The van der Waals surface area contributed by atoms with Gasteiger partial charge in [0.2, 0.25) is 5.91 Å². The summed E-state index contributed by atoms with van der Waals surface area (Å²) in [6, 6.07) is 10.1. The highest BCUT2D eigenvalue weighted by Crippen LogP contribution is 2.37. The Morgan fingerprint density at radius 1 is 1.29 bits per heavy atom. The van der Waals surface area contributed by atoms with Gasteiger partial charge in [0.05, 0.1) is 18.2 Å². The molecule has 5 heterocycles. The van der Waals surface area contributed by atoms with Gasteiger partial charge in [-0.3, -0.25) is 4.79 Å². The molecule has 158 valence electrons. The molecule has 0 aliphatic carbocycles. The number of hydrogen-bond acceptors (Lipinski definition) is 7. The number of piperazine rings is 1. The highest BCUT2D eigenvalue weighted by Gasteiger charge is 2.45. The number of amides is 1. The third-order valence-electron chi connectivity index (χ3n) is 6.25. The van der Waals surface area contributed by atoms with E-state index in [1.165, 1.54) is 6.33 Å². The van der Waals surface area contributed by atoms with Gasteiger partial charge >= 0.3 is 0 Å². The van der Waals surface area contributed by atoms with Gasteiger partial charge in [-0.25, -0.2) is 14.5 Å². The first kappa shape index (κ1) is 19.5. The predicted molar refractivity (Wildman–Crippen MR) is 112 cm³/mol. The van der Waals surface area contributed by atoms with Crippen LogP contribution in [0, 0.1) is 17.2 Å². The zero-order chi connectivity index (χ0) is 21.4. The number of fused-ring (bicyclic) bond motifs is 3. The van der Waals surface area contributed by atoms with E-state index >= 15 is 0 Å². The van der Waals surface area contributed by atoms with Crippen molar-refractivity contribution in [2.75, 3.05) is 24.6 Å². The fourth-order valence-electron chi connectivity index (χ4n) is 4.75. The lowest BCUT2D eigenvalue weighted by atomic mass is 10.0. The second-order valence-electron chi connectivity index (χ2n) is 8.21. The summed E-state index contributed by atoms with van der Waals surface area (Å²) >= 11 is 0. The van der Waals surface area contributed by atoms with Gasteiger partial charge in [-0.05, 0) is 30.5 Å². The molecule has 9 nitrogen and oxygen atoms in total. The molecule has 0 spiro atoms. The lowest BCUT2D eigenvalue weighted by molar-refractivity contribution is -0.137. The smallest absolute Gasteiger partial charge is 0.248 e. The number of likely N-dealkylation sites (tertiary alicyclic amines) is 1. The minimum absolute atomic E-state index is 0.00459. The molecule has 0 aromatic carbocycles. The van der Waals surface area contributed by atoms with Crippen LogP contribution in [0.5, 0.6) is 0 Å². The maximum Gasteiger partial charge on any atom is 0.248 e. The van der Waals surface area contributed by atoms with Crippen LogP contribution in [-0.2, 0) is 16.1 Å². The second kappa shape index (κ2) is 7.96. The third-order valence-corrected chi connectivity index (χ3v) is 6.25. The molecule has 1 amide bonds. The van der Waals surface area contributed by atoms with Gasteiger partial charge in [-0.2, -0.15) is 10.4 Å². The summed E-state index contributed by atoms with van der Waals surface area (Å²) in [5, 5.41) is 13.1. The van der Waals surface area contributed by atoms with Crippen LogP contribution in [0.4, 0.5) is 5.82 Å². The summed E-state index contributed by atoms with van der Waals surface area (Å²) < 4.78 is 7.43. The highest BCUT2D eigenvalue weighted by molar-refractivity contribution is 5.78. The molecule has 2 unspecified atom stereocenters. The van der Waals surface area contributed by atoms with Crippen LogP contribution in [0.3, 0.4) is 0 Å². The van der Waals surface area contributed by atoms with E-state index in [9.17, 15) is 4.79 Å². The van der Waals surface area contributed by atoms with E-state index < -0.39 is 0 Å². The summed E-state index contributed by atoms with van der Waals surface area (Å²) in [4.78, 5) is 25.8. The van der Waals surface area contributed by atoms with Crippen molar-refractivity contribution in [1.82, 2.24) is 24.5 Å². The maximum atomic E-state index is 12.9. The number of aromatic nitrogens is 4. The Balaban J connectivity index is 1.22. The molecular weight excluding hydrogens is 394 g/mol. The highest BCUT2D eigenvalue weighted by atomic mass is 16.5. The first-order chi connectivity index (χ1) is 15.1. The Bertz CT molecular complexity index is 1140. The number of nitriles is 1. The van der Waals surface area contributed by atoms with E-state index in [-0.39, 0.29) is 24.6 Å². The first-order valence-electron chi connectivity index (χ1n) is 10.4. The summed E-state index contributed by atoms with van der Waals surface area (Å²) in [6.07, 6.45) is 5.96. The van der Waals surface area contributed by atoms with Crippen molar-refractivity contribution in [3.05, 3.63) is 54.1 Å². The van der Waals surface area contributed by atoms with Gasteiger partial charge in [0.25, 0.3) is 0 Å². The molecule has 3 aromatic heterocycles. The molecule has 2 aliphatic rings. The number of anilines is 1. The minimum atomic E-state index is 0.00459. The molecule has 31 heavy (non-hydrogen) atoms. The summed E-state index contributed by atoms with van der Waals surface area (Å²) in [5.41, 5.74) is 2.19. The van der Waals surface area contributed by atoms with Gasteiger partial charge in [-0.1, -0.05) is 13.0 Å². The van der Waals surface area contributed by atoms with Crippen LogP contribution in [0.1, 0.15) is 24.5 Å². The van der Waals surface area contributed by atoms with Gasteiger partial charge in [-0.15, -0.1) is 0 Å². The van der Waals surface area contributed by atoms with Gasteiger partial charge < -0.3 is 14.5 Å². The summed E-state index contributed by atoms with van der Waals surface area (Å²) in [7, 11) is 0. The molecular formula is C22H23N7O2. The van der Waals surface area contributed by atoms with Crippen molar-refractivity contribution >= 4 is 17.4 Å². The fraction of sp³-hybridized carbons (Fsp3) is 0.409. The predicted octanol–water partition coefficient (Wildman–Crippen LogP) is 1.64. The third kappa shape index (κ3) is 3.59. The van der Waals surface area contributed by atoms with E-state index in [0.29, 0.717) is 31.2 Å². The maximum absolute atomic E-state index is 12.9. The number of ether oxygens (including phenoxy) is 1. The number of nitrogens with zero attached hydrogens (tertiary/aromatic N) is 7. The molecule has 9 heteroatoms. The number of carbonyl (C=O) groups excluding carboxylic acids is 1. The van der Waals surface area contributed by atoms with Crippen molar-refractivity contribution in [2.24, 2.45) is 5.92 Å². The Kier molecular flexibility index (Phi) is 5.00. The minimum Gasteiger partial charge on any atom is -0.367 e. The quantitative estimate of drug-likeness (QED) is 0.622. The van der Waals surface area contributed by atoms with E-state index in [2.05, 4.69) is 33.0 Å². The number of carbonyl (C=O) groups is 1. The average molecular weight is 417 g/mol. The zero-order valence-corrected chi connectivity index (χ0v) is 17.3. The van der Waals surface area contributed by atoms with Crippen LogP contribution in [0.15, 0.2) is 43.0 Å². The summed E-state index contributed by atoms with van der Waals surface area (Å²) in [5.74, 6) is 1.35. The second-order valence-corrected chi connectivity index (χ2v) is 8.21. The van der Waals surface area contributed by atoms with Crippen LogP contribution in [0.25, 0.3) is 5.65 Å². The molecule has 3 aromatic rings. The lowest BCUT2D eigenvalue weighted by Crippen LogP contribution is -2.57. The van der Waals surface area contributed by atoms with E-state index in [1.807, 2.05) is 29.3 Å².